The molecule has 0 aromatic heterocycles. The van der Waals surface area contributed by atoms with E-state index in [1.54, 1.807) is 6.08 Å². The van der Waals surface area contributed by atoms with E-state index < -0.39 is 5.41 Å². The lowest BCUT2D eigenvalue weighted by molar-refractivity contribution is -0.141. The highest BCUT2D eigenvalue weighted by atomic mass is 16.2. The molecule has 0 unspecified atom stereocenters. The average Bonchev–Trinajstić information content (AvgIpc) is 2.45. The largest absolute Gasteiger partial charge is 0.352 e. The lowest BCUT2D eigenvalue weighted by Crippen LogP contribution is -2.54. The Morgan fingerprint density at radius 3 is 2.40 bits per heavy atom. The Hall–Kier alpha value is -1.40. The van der Waals surface area contributed by atoms with Gasteiger partial charge in [-0.1, -0.05) is 6.08 Å². The van der Waals surface area contributed by atoms with Gasteiger partial charge in [-0.15, -0.1) is 6.58 Å². The van der Waals surface area contributed by atoms with Crippen molar-refractivity contribution in [3.05, 3.63) is 12.7 Å². The predicted molar refractivity (Wildman–Crippen MR) is 79.1 cm³/mol. The number of hydrogen-bond acceptors (Lipinski definition) is 4. The maximum Gasteiger partial charge on any atom is 0.234 e. The van der Waals surface area contributed by atoms with Gasteiger partial charge in [0.15, 0.2) is 0 Å². The fourth-order valence-electron chi connectivity index (χ4n) is 2.07. The standard InChI is InChI=1S/C14H26N4O2/c1-4-5-16-12(19)10-17-6-8-18(9-7-17)13(20)14(2,3)11-15/h4H,1,5-11,15H2,2-3H3,(H,16,19). The molecule has 114 valence electrons. The van der Waals surface area contributed by atoms with Crippen molar-refractivity contribution in [3.8, 4) is 0 Å². The molecular weight excluding hydrogens is 256 g/mol. The number of carbonyl (C=O) groups excluding carboxylic acids is 2. The highest BCUT2D eigenvalue weighted by Gasteiger charge is 2.32. The topological polar surface area (TPSA) is 78.7 Å². The minimum atomic E-state index is -0.510. The van der Waals surface area contributed by atoms with E-state index in [1.165, 1.54) is 0 Å². The van der Waals surface area contributed by atoms with Gasteiger partial charge < -0.3 is 16.0 Å². The zero-order chi connectivity index (χ0) is 15.2. The van der Waals surface area contributed by atoms with E-state index in [0.717, 1.165) is 0 Å². The second-order valence-electron chi connectivity index (χ2n) is 5.75. The van der Waals surface area contributed by atoms with Crippen molar-refractivity contribution in [2.75, 3.05) is 45.8 Å². The molecule has 1 heterocycles. The van der Waals surface area contributed by atoms with E-state index in [0.29, 0.717) is 45.8 Å². The molecule has 1 aliphatic rings. The second-order valence-corrected chi connectivity index (χ2v) is 5.75. The van der Waals surface area contributed by atoms with Crippen molar-refractivity contribution < 1.29 is 9.59 Å². The lowest BCUT2D eigenvalue weighted by atomic mass is 9.91. The molecule has 0 aliphatic carbocycles. The fourth-order valence-corrected chi connectivity index (χ4v) is 2.07. The van der Waals surface area contributed by atoms with E-state index >= 15 is 0 Å². The Morgan fingerprint density at radius 2 is 1.90 bits per heavy atom. The fraction of sp³-hybridized carbons (Fsp3) is 0.714. The molecule has 1 fully saturated rings. The van der Waals surface area contributed by atoms with E-state index in [9.17, 15) is 9.59 Å². The van der Waals surface area contributed by atoms with Crippen molar-refractivity contribution in [3.63, 3.8) is 0 Å². The number of nitrogens with two attached hydrogens (primary N) is 1. The van der Waals surface area contributed by atoms with Crippen molar-refractivity contribution >= 4 is 11.8 Å². The zero-order valence-corrected chi connectivity index (χ0v) is 12.5. The first-order valence-electron chi connectivity index (χ1n) is 7.00. The van der Waals surface area contributed by atoms with Gasteiger partial charge >= 0.3 is 0 Å². The lowest BCUT2D eigenvalue weighted by Gasteiger charge is -2.38. The van der Waals surface area contributed by atoms with Crippen molar-refractivity contribution in [2.24, 2.45) is 11.1 Å². The van der Waals surface area contributed by atoms with Gasteiger partial charge in [0.2, 0.25) is 11.8 Å². The van der Waals surface area contributed by atoms with Crippen LogP contribution in [-0.4, -0.2) is 67.4 Å². The minimum Gasteiger partial charge on any atom is -0.352 e. The Morgan fingerprint density at radius 1 is 1.30 bits per heavy atom. The smallest absolute Gasteiger partial charge is 0.234 e. The monoisotopic (exact) mass is 282 g/mol. The molecule has 1 aliphatic heterocycles. The molecule has 6 heteroatoms. The summed E-state index contributed by atoms with van der Waals surface area (Å²) < 4.78 is 0. The molecule has 1 saturated heterocycles. The summed E-state index contributed by atoms with van der Waals surface area (Å²) in [5, 5.41) is 2.75. The number of nitrogens with zero attached hydrogens (tertiary/aromatic N) is 2. The molecule has 2 amide bonds. The molecule has 0 bridgehead atoms. The highest BCUT2D eigenvalue weighted by Crippen LogP contribution is 2.18. The zero-order valence-electron chi connectivity index (χ0n) is 12.5. The summed E-state index contributed by atoms with van der Waals surface area (Å²) in [5.74, 6) is 0.0859. The van der Waals surface area contributed by atoms with Crippen LogP contribution in [-0.2, 0) is 9.59 Å². The first-order valence-corrected chi connectivity index (χ1v) is 7.00. The third-order valence-corrected chi connectivity index (χ3v) is 3.56. The highest BCUT2D eigenvalue weighted by molar-refractivity contribution is 5.82. The van der Waals surface area contributed by atoms with Crippen LogP contribution in [0.15, 0.2) is 12.7 Å². The summed E-state index contributed by atoms with van der Waals surface area (Å²) in [6.45, 7) is 11.2. The number of amides is 2. The van der Waals surface area contributed by atoms with Crippen LogP contribution in [0, 0.1) is 5.41 Å². The number of carbonyl (C=O) groups is 2. The van der Waals surface area contributed by atoms with Gasteiger partial charge in [0.25, 0.3) is 0 Å². The van der Waals surface area contributed by atoms with E-state index in [1.807, 2.05) is 18.7 Å². The molecule has 0 radical (unpaired) electrons. The van der Waals surface area contributed by atoms with Crippen LogP contribution in [0.1, 0.15) is 13.8 Å². The van der Waals surface area contributed by atoms with Crippen molar-refractivity contribution in [1.29, 1.82) is 0 Å². The minimum absolute atomic E-state index is 0.00744. The first-order chi connectivity index (χ1) is 9.40. The summed E-state index contributed by atoms with van der Waals surface area (Å²) in [5.41, 5.74) is 5.12. The van der Waals surface area contributed by atoms with Crippen LogP contribution in [0.2, 0.25) is 0 Å². The summed E-state index contributed by atoms with van der Waals surface area (Å²) in [6.07, 6.45) is 1.66. The summed E-state index contributed by atoms with van der Waals surface area (Å²) >= 11 is 0. The molecule has 1 rings (SSSR count). The van der Waals surface area contributed by atoms with Crippen LogP contribution in [0.4, 0.5) is 0 Å². The Balaban J connectivity index is 2.38. The number of nitrogens with one attached hydrogen (secondary N) is 1. The average molecular weight is 282 g/mol. The predicted octanol–water partition coefficient (Wildman–Crippen LogP) is -0.582. The third kappa shape index (κ3) is 4.61. The molecule has 0 atom stereocenters. The van der Waals surface area contributed by atoms with Crippen LogP contribution >= 0.6 is 0 Å². The summed E-state index contributed by atoms with van der Waals surface area (Å²) in [7, 11) is 0. The van der Waals surface area contributed by atoms with Gasteiger partial charge in [-0.2, -0.15) is 0 Å². The molecule has 20 heavy (non-hydrogen) atoms. The van der Waals surface area contributed by atoms with Crippen molar-refractivity contribution in [1.82, 2.24) is 15.1 Å². The van der Waals surface area contributed by atoms with Gasteiger partial charge in [0.1, 0.15) is 0 Å². The van der Waals surface area contributed by atoms with Crippen LogP contribution < -0.4 is 11.1 Å². The normalized spacial score (nSPS) is 16.9. The molecule has 0 saturated carbocycles. The molecule has 3 N–H and O–H groups in total. The number of piperazine rings is 1. The number of hydrogen-bond donors (Lipinski definition) is 2. The van der Waals surface area contributed by atoms with Crippen LogP contribution in [0.3, 0.4) is 0 Å². The molecular formula is C14H26N4O2. The SMILES string of the molecule is C=CCNC(=O)CN1CCN(C(=O)C(C)(C)CN)CC1. The molecule has 0 aromatic carbocycles. The Kier molecular flexibility index (Phi) is 6.16. The number of rotatable bonds is 6. The van der Waals surface area contributed by atoms with Gasteiger partial charge in [-0.25, -0.2) is 0 Å². The second kappa shape index (κ2) is 7.40. The summed E-state index contributed by atoms with van der Waals surface area (Å²) in [4.78, 5) is 27.7. The van der Waals surface area contributed by atoms with Crippen LogP contribution in [0.5, 0.6) is 0 Å². The van der Waals surface area contributed by atoms with E-state index in [4.69, 9.17) is 5.73 Å². The Labute approximate surface area is 121 Å². The van der Waals surface area contributed by atoms with Gasteiger partial charge in [0, 0.05) is 39.3 Å². The van der Waals surface area contributed by atoms with Gasteiger partial charge in [0.05, 0.1) is 12.0 Å². The maximum absolute atomic E-state index is 12.3. The Bertz CT molecular complexity index is 360. The van der Waals surface area contributed by atoms with E-state index in [-0.39, 0.29) is 11.8 Å². The molecule has 0 aromatic rings. The summed E-state index contributed by atoms with van der Waals surface area (Å²) in [6, 6.07) is 0. The molecule has 0 spiro atoms. The van der Waals surface area contributed by atoms with Crippen molar-refractivity contribution in [2.45, 2.75) is 13.8 Å². The quantitative estimate of drug-likeness (QED) is 0.639. The molecule has 6 nitrogen and oxygen atoms in total. The first kappa shape index (κ1) is 16.7. The van der Waals surface area contributed by atoms with Gasteiger partial charge in [-0.05, 0) is 13.8 Å². The van der Waals surface area contributed by atoms with Gasteiger partial charge in [-0.3, -0.25) is 14.5 Å². The third-order valence-electron chi connectivity index (χ3n) is 3.56. The van der Waals surface area contributed by atoms with Crippen LogP contribution in [0.25, 0.3) is 0 Å². The van der Waals surface area contributed by atoms with E-state index in [2.05, 4.69) is 16.8 Å². The maximum atomic E-state index is 12.3.